The normalized spacial score (nSPS) is 12.0. The minimum atomic E-state index is -0.252. The first-order chi connectivity index (χ1) is 12.2. The quantitative estimate of drug-likeness (QED) is 0.845. The van der Waals surface area contributed by atoms with Crippen LogP contribution >= 0.6 is 0 Å². The van der Waals surface area contributed by atoms with Gasteiger partial charge in [-0.2, -0.15) is 10.5 Å². The molecule has 0 saturated carbocycles. The molecule has 0 fully saturated rings. The molecule has 2 N–H and O–H groups in total. The van der Waals surface area contributed by atoms with Crippen molar-refractivity contribution in [2.45, 2.75) is 19.6 Å². The van der Waals surface area contributed by atoms with Crippen molar-refractivity contribution < 1.29 is 4.79 Å². The molecule has 0 atom stereocenters. The maximum Gasteiger partial charge on any atom is 0.314 e. The molecule has 0 spiro atoms. The van der Waals surface area contributed by atoms with E-state index in [-0.39, 0.29) is 6.03 Å². The van der Waals surface area contributed by atoms with E-state index in [9.17, 15) is 15.3 Å². The predicted molar refractivity (Wildman–Crippen MR) is 92.7 cm³/mol. The Kier molecular flexibility index (Phi) is 4.54. The van der Waals surface area contributed by atoms with Crippen LogP contribution in [0.3, 0.4) is 0 Å². The van der Waals surface area contributed by atoms with Crippen molar-refractivity contribution in [3.8, 4) is 23.4 Å². The Balaban J connectivity index is 2.07. The van der Waals surface area contributed by atoms with Crippen LogP contribution in [0.25, 0.3) is 11.1 Å². The number of nitrogens with zero attached hydrogens (tertiary/aromatic N) is 3. The zero-order valence-electron chi connectivity index (χ0n) is 13.8. The van der Waals surface area contributed by atoms with Crippen LogP contribution in [0, 0.1) is 22.8 Å². The Bertz CT molecular complexity index is 907. The topological polar surface area (TPSA) is 91.9 Å². The van der Waals surface area contributed by atoms with Crippen LogP contribution in [0.15, 0.2) is 36.4 Å². The summed E-state index contributed by atoms with van der Waals surface area (Å²) < 4.78 is 0. The van der Waals surface area contributed by atoms with Gasteiger partial charge in [-0.15, -0.1) is 0 Å². The summed E-state index contributed by atoms with van der Waals surface area (Å²) in [6, 6.07) is 13.4. The summed E-state index contributed by atoms with van der Waals surface area (Å²) in [7, 11) is 1.57. The molecule has 1 aliphatic heterocycles. The third-order valence-corrected chi connectivity index (χ3v) is 4.27. The molecule has 0 bridgehead atoms. The van der Waals surface area contributed by atoms with Gasteiger partial charge in [0, 0.05) is 13.6 Å². The van der Waals surface area contributed by atoms with Gasteiger partial charge in [0.25, 0.3) is 0 Å². The summed E-state index contributed by atoms with van der Waals surface area (Å²) in [4.78, 5) is 13.1. The molecule has 0 unspecified atom stereocenters. The fraction of sp³-hybridized carbons (Fsp3) is 0.211. The minimum absolute atomic E-state index is 0.252. The molecule has 0 aliphatic carbocycles. The number of carbonyl (C=O) groups is 1. The van der Waals surface area contributed by atoms with Crippen LogP contribution in [0.2, 0.25) is 0 Å². The summed E-state index contributed by atoms with van der Waals surface area (Å²) in [6.45, 7) is 1.45. The van der Waals surface area contributed by atoms with Crippen LogP contribution in [-0.2, 0) is 19.6 Å². The van der Waals surface area contributed by atoms with Crippen molar-refractivity contribution in [1.29, 1.82) is 10.5 Å². The van der Waals surface area contributed by atoms with Crippen molar-refractivity contribution in [3.05, 3.63) is 58.7 Å². The zero-order chi connectivity index (χ0) is 17.8. The van der Waals surface area contributed by atoms with Gasteiger partial charge in [-0.05, 0) is 39.9 Å². The number of urea groups is 1. The van der Waals surface area contributed by atoms with E-state index in [0.29, 0.717) is 25.2 Å². The van der Waals surface area contributed by atoms with Gasteiger partial charge in [0.1, 0.15) is 0 Å². The lowest BCUT2D eigenvalue weighted by Gasteiger charge is -2.13. The number of nitrogens with one attached hydrogen (secondary N) is 2. The molecule has 2 aromatic carbocycles. The van der Waals surface area contributed by atoms with Crippen LogP contribution < -0.4 is 10.6 Å². The van der Waals surface area contributed by atoms with Gasteiger partial charge in [0.15, 0.2) is 6.19 Å². The van der Waals surface area contributed by atoms with Crippen LogP contribution in [0.5, 0.6) is 0 Å². The largest absolute Gasteiger partial charge is 0.341 e. The first kappa shape index (κ1) is 16.4. The molecule has 2 amide bonds. The lowest BCUT2D eigenvalue weighted by Crippen LogP contribution is -2.32. The number of carbonyl (C=O) groups excluding carboxylic acids is 1. The second-order valence-corrected chi connectivity index (χ2v) is 5.83. The first-order valence-electron chi connectivity index (χ1n) is 7.90. The molecule has 0 radical (unpaired) electrons. The van der Waals surface area contributed by atoms with Gasteiger partial charge >= 0.3 is 6.03 Å². The molecular weight excluding hydrogens is 314 g/mol. The highest BCUT2D eigenvalue weighted by molar-refractivity contribution is 5.76. The van der Waals surface area contributed by atoms with Gasteiger partial charge in [-0.25, -0.2) is 4.79 Å². The third-order valence-electron chi connectivity index (χ3n) is 4.27. The molecule has 2 aromatic rings. The van der Waals surface area contributed by atoms with Crippen LogP contribution in [0.4, 0.5) is 4.79 Å². The van der Waals surface area contributed by atoms with Gasteiger partial charge < -0.3 is 15.5 Å². The van der Waals surface area contributed by atoms with E-state index >= 15 is 0 Å². The second-order valence-electron chi connectivity index (χ2n) is 5.83. The molecular formula is C19H17N5O. The number of amides is 2. The third kappa shape index (κ3) is 3.24. The van der Waals surface area contributed by atoms with Crippen molar-refractivity contribution in [2.24, 2.45) is 0 Å². The predicted octanol–water partition coefficient (Wildman–Crippen LogP) is 2.45. The molecule has 0 saturated heterocycles. The van der Waals surface area contributed by atoms with E-state index in [1.165, 1.54) is 0 Å². The number of fused-ring (bicyclic) bond motifs is 1. The molecule has 3 rings (SSSR count). The number of benzene rings is 2. The van der Waals surface area contributed by atoms with E-state index in [2.05, 4.69) is 22.9 Å². The van der Waals surface area contributed by atoms with E-state index in [1.54, 1.807) is 18.0 Å². The average Bonchev–Trinajstić information content (AvgIpc) is 3.08. The second kappa shape index (κ2) is 6.94. The van der Waals surface area contributed by atoms with E-state index in [1.807, 2.05) is 30.3 Å². The Morgan fingerprint density at radius 2 is 2.00 bits per heavy atom. The highest BCUT2D eigenvalue weighted by atomic mass is 16.2. The molecule has 6 heteroatoms. The van der Waals surface area contributed by atoms with Gasteiger partial charge in [0.05, 0.1) is 24.7 Å². The summed E-state index contributed by atoms with van der Waals surface area (Å²) >= 11 is 0. The maximum atomic E-state index is 11.5. The highest BCUT2D eigenvalue weighted by Crippen LogP contribution is 2.35. The van der Waals surface area contributed by atoms with Crippen molar-refractivity contribution in [1.82, 2.24) is 15.5 Å². The molecule has 6 nitrogen and oxygen atoms in total. The van der Waals surface area contributed by atoms with E-state index < -0.39 is 0 Å². The van der Waals surface area contributed by atoms with Gasteiger partial charge in [-0.3, -0.25) is 0 Å². The Morgan fingerprint density at radius 1 is 1.20 bits per heavy atom. The van der Waals surface area contributed by atoms with Crippen molar-refractivity contribution in [2.75, 3.05) is 7.05 Å². The van der Waals surface area contributed by atoms with Crippen molar-refractivity contribution >= 4 is 6.03 Å². The summed E-state index contributed by atoms with van der Waals surface area (Å²) in [5.74, 6) is 0. The summed E-state index contributed by atoms with van der Waals surface area (Å²) in [5, 5.41) is 24.0. The molecule has 25 heavy (non-hydrogen) atoms. The summed E-state index contributed by atoms with van der Waals surface area (Å²) in [6.07, 6.45) is 2.19. The fourth-order valence-corrected chi connectivity index (χ4v) is 3.08. The smallest absolute Gasteiger partial charge is 0.314 e. The number of hydrogen-bond acceptors (Lipinski definition) is 4. The zero-order valence-corrected chi connectivity index (χ0v) is 13.8. The Morgan fingerprint density at radius 3 is 2.72 bits per heavy atom. The Hall–Kier alpha value is -3.51. The molecule has 1 heterocycles. The average molecular weight is 331 g/mol. The lowest BCUT2D eigenvalue weighted by molar-refractivity contribution is 0.242. The van der Waals surface area contributed by atoms with Crippen molar-refractivity contribution in [3.63, 3.8) is 0 Å². The van der Waals surface area contributed by atoms with Gasteiger partial charge in [-0.1, -0.05) is 24.3 Å². The summed E-state index contributed by atoms with van der Waals surface area (Å²) in [5.41, 5.74) is 5.44. The SMILES string of the molecule is CNC(=O)NCc1cc2c(c(-c3ccccc3C#N)c1)CN(C#N)C2. The Labute approximate surface area is 146 Å². The molecule has 0 aromatic heterocycles. The number of hydrogen-bond donors (Lipinski definition) is 2. The number of nitriles is 2. The standard InChI is InChI=1S/C19H17N5O/c1-22-19(25)23-9-13-6-15-10-24(12-21)11-18(15)17(7-13)16-5-3-2-4-14(16)8-20/h2-7H,9-11H2,1H3,(H2,22,23,25). The fourth-order valence-electron chi connectivity index (χ4n) is 3.08. The lowest BCUT2D eigenvalue weighted by atomic mass is 9.92. The van der Waals surface area contributed by atoms with E-state index in [4.69, 9.17) is 0 Å². The molecule has 1 aliphatic rings. The van der Waals surface area contributed by atoms with E-state index in [0.717, 1.165) is 27.8 Å². The monoisotopic (exact) mass is 331 g/mol. The first-order valence-corrected chi connectivity index (χ1v) is 7.90. The van der Waals surface area contributed by atoms with Gasteiger partial charge in [0.2, 0.25) is 0 Å². The number of rotatable bonds is 3. The maximum absolute atomic E-state index is 11.5. The van der Waals surface area contributed by atoms with Crippen LogP contribution in [0.1, 0.15) is 22.3 Å². The minimum Gasteiger partial charge on any atom is -0.341 e. The van der Waals surface area contributed by atoms with Crippen LogP contribution in [-0.4, -0.2) is 18.0 Å². The molecule has 124 valence electrons. The highest BCUT2D eigenvalue weighted by Gasteiger charge is 2.23.